The highest BCUT2D eigenvalue weighted by Crippen LogP contribution is 2.58. The van der Waals surface area contributed by atoms with Crippen molar-refractivity contribution in [2.24, 2.45) is 10.8 Å². The Kier molecular flexibility index (Phi) is 2.11. The Hall–Kier alpha value is -1.05. The molecule has 0 amide bonds. The molecule has 3 rings (SSSR count). The van der Waals surface area contributed by atoms with Crippen molar-refractivity contribution >= 4 is 5.97 Å². The van der Waals surface area contributed by atoms with Gasteiger partial charge in [0.25, 0.3) is 0 Å². The molecule has 2 heteroatoms. The Morgan fingerprint density at radius 3 is 2.76 bits per heavy atom. The number of hydrogen-bond acceptors (Lipinski definition) is 2. The van der Waals surface area contributed by atoms with Gasteiger partial charge in [-0.1, -0.05) is 38.8 Å². The first-order valence-electron chi connectivity index (χ1n) is 6.56. The zero-order chi connectivity index (χ0) is 12.3. The van der Waals surface area contributed by atoms with Crippen LogP contribution in [-0.4, -0.2) is 12.6 Å². The van der Waals surface area contributed by atoms with Crippen LogP contribution in [0.2, 0.25) is 0 Å². The fourth-order valence-electron chi connectivity index (χ4n) is 4.10. The normalized spacial score (nSPS) is 35.0. The van der Waals surface area contributed by atoms with Crippen LogP contribution < -0.4 is 0 Å². The van der Waals surface area contributed by atoms with E-state index in [1.807, 2.05) is 0 Å². The summed E-state index contributed by atoms with van der Waals surface area (Å²) in [5.74, 6) is -0.0641. The van der Waals surface area contributed by atoms with Crippen LogP contribution in [0.3, 0.4) is 0 Å². The first-order valence-corrected chi connectivity index (χ1v) is 6.56. The van der Waals surface area contributed by atoms with E-state index >= 15 is 0 Å². The predicted molar refractivity (Wildman–Crippen MR) is 66.4 cm³/mol. The van der Waals surface area contributed by atoms with Crippen LogP contribution in [0, 0.1) is 10.8 Å². The number of esters is 1. The highest BCUT2D eigenvalue weighted by atomic mass is 16.5. The molecule has 0 radical (unpaired) electrons. The molecule has 2 nitrogen and oxygen atoms in total. The zero-order valence-corrected chi connectivity index (χ0v) is 10.9. The maximum Gasteiger partial charge on any atom is 0.335 e. The van der Waals surface area contributed by atoms with Crippen molar-refractivity contribution in [3.8, 4) is 0 Å². The lowest BCUT2D eigenvalue weighted by atomic mass is 9.55. The minimum absolute atomic E-state index is 0.0527. The second kappa shape index (κ2) is 3.24. The number of cyclic esters (lactones) is 1. The zero-order valence-electron chi connectivity index (χ0n) is 10.9. The minimum Gasteiger partial charge on any atom is -0.458 e. The monoisotopic (exact) mass is 232 g/mol. The first-order chi connectivity index (χ1) is 7.95. The van der Waals surface area contributed by atoms with Crippen LogP contribution in [0.15, 0.2) is 22.8 Å². The molecule has 1 atom stereocenters. The van der Waals surface area contributed by atoms with Crippen LogP contribution in [0.1, 0.15) is 46.5 Å². The van der Waals surface area contributed by atoms with Crippen LogP contribution in [0.4, 0.5) is 0 Å². The van der Waals surface area contributed by atoms with Gasteiger partial charge in [-0.05, 0) is 30.3 Å². The second-order valence-electron chi connectivity index (χ2n) is 6.45. The molecule has 3 aliphatic rings. The number of rotatable bonds is 0. The summed E-state index contributed by atoms with van der Waals surface area (Å²) in [6.45, 7) is 7.37. The number of carbonyl (C=O) groups is 1. The molecule has 0 spiro atoms. The van der Waals surface area contributed by atoms with E-state index in [-0.39, 0.29) is 16.8 Å². The van der Waals surface area contributed by atoms with Gasteiger partial charge >= 0.3 is 5.97 Å². The minimum atomic E-state index is -0.0641. The lowest BCUT2D eigenvalue weighted by Crippen LogP contribution is -2.39. The molecule has 1 aliphatic heterocycles. The molecule has 0 N–H and O–H groups in total. The summed E-state index contributed by atoms with van der Waals surface area (Å²) < 4.78 is 5.24. The van der Waals surface area contributed by atoms with Crippen molar-refractivity contribution in [3.05, 3.63) is 22.8 Å². The molecule has 0 saturated heterocycles. The summed E-state index contributed by atoms with van der Waals surface area (Å²) in [5.41, 5.74) is 3.85. The lowest BCUT2D eigenvalue weighted by molar-refractivity contribution is -0.137. The Balaban J connectivity index is 2.12. The topological polar surface area (TPSA) is 26.3 Å². The van der Waals surface area contributed by atoms with Crippen molar-refractivity contribution in [1.82, 2.24) is 0 Å². The number of hydrogen-bond donors (Lipinski definition) is 0. The average Bonchev–Trinajstić information content (AvgIpc) is 2.60. The Labute approximate surface area is 103 Å². The summed E-state index contributed by atoms with van der Waals surface area (Å²) >= 11 is 0. The van der Waals surface area contributed by atoms with E-state index < -0.39 is 0 Å². The van der Waals surface area contributed by atoms with Crippen molar-refractivity contribution in [2.75, 3.05) is 6.61 Å². The molecule has 1 heterocycles. The molecule has 17 heavy (non-hydrogen) atoms. The second-order valence-corrected chi connectivity index (χ2v) is 6.45. The highest BCUT2D eigenvalue weighted by molar-refractivity contribution is 5.94. The van der Waals surface area contributed by atoms with Crippen LogP contribution in [0.5, 0.6) is 0 Å². The van der Waals surface area contributed by atoms with Crippen molar-refractivity contribution in [1.29, 1.82) is 0 Å². The SMILES string of the molecule is CC1(C)CCC[C@@]2(C)C1=CCC1=C2C(=O)OC1. The number of carbonyl (C=O) groups excluding carboxylic acids is 1. The molecule has 0 aromatic heterocycles. The highest BCUT2D eigenvalue weighted by Gasteiger charge is 2.50. The van der Waals surface area contributed by atoms with Gasteiger partial charge in [-0.2, -0.15) is 0 Å². The molecule has 1 fully saturated rings. The Morgan fingerprint density at radius 1 is 1.24 bits per heavy atom. The van der Waals surface area contributed by atoms with Gasteiger partial charge in [0.15, 0.2) is 0 Å². The van der Waals surface area contributed by atoms with Gasteiger partial charge < -0.3 is 4.74 Å². The predicted octanol–water partition coefficient (Wildman–Crippen LogP) is 3.39. The Morgan fingerprint density at radius 2 is 2.00 bits per heavy atom. The van der Waals surface area contributed by atoms with Gasteiger partial charge in [-0.3, -0.25) is 0 Å². The van der Waals surface area contributed by atoms with Gasteiger partial charge in [-0.15, -0.1) is 0 Å². The molecule has 0 aromatic carbocycles. The van der Waals surface area contributed by atoms with Crippen molar-refractivity contribution in [2.45, 2.75) is 46.5 Å². The molecule has 1 saturated carbocycles. The van der Waals surface area contributed by atoms with E-state index in [9.17, 15) is 4.79 Å². The standard InChI is InChI=1S/C15H20O2/c1-14(2)7-4-8-15(3)11(14)6-5-10-9-17-13(16)12(10)15/h6H,4-5,7-9H2,1-3H3/t15-/m0/s1. The molecule has 0 bridgehead atoms. The quantitative estimate of drug-likeness (QED) is 0.472. The fraction of sp³-hybridized carbons (Fsp3) is 0.667. The van der Waals surface area contributed by atoms with Crippen LogP contribution in [0.25, 0.3) is 0 Å². The van der Waals surface area contributed by atoms with Gasteiger partial charge in [0, 0.05) is 5.41 Å². The molecule has 0 aromatic rings. The maximum atomic E-state index is 12.0. The van der Waals surface area contributed by atoms with E-state index in [4.69, 9.17) is 4.74 Å². The average molecular weight is 232 g/mol. The third kappa shape index (κ3) is 1.36. The number of ether oxygens (including phenoxy) is 1. The molecule has 0 unspecified atom stereocenters. The third-order valence-corrected chi connectivity index (χ3v) is 4.84. The first kappa shape index (κ1) is 11.1. The van der Waals surface area contributed by atoms with Gasteiger partial charge in [0.2, 0.25) is 0 Å². The number of allylic oxidation sites excluding steroid dienone is 2. The third-order valence-electron chi connectivity index (χ3n) is 4.84. The summed E-state index contributed by atoms with van der Waals surface area (Å²) in [6, 6.07) is 0. The van der Waals surface area contributed by atoms with Crippen LogP contribution in [-0.2, 0) is 9.53 Å². The lowest BCUT2D eigenvalue weighted by Gasteiger charge is -2.48. The summed E-state index contributed by atoms with van der Waals surface area (Å²) in [5, 5.41) is 0. The van der Waals surface area contributed by atoms with Gasteiger partial charge in [0.05, 0.1) is 5.57 Å². The van der Waals surface area contributed by atoms with E-state index in [0.717, 1.165) is 18.4 Å². The molecular weight excluding hydrogens is 212 g/mol. The summed E-state index contributed by atoms with van der Waals surface area (Å²) in [4.78, 5) is 12.0. The Bertz CT molecular complexity index is 454. The molecule has 92 valence electrons. The van der Waals surface area contributed by atoms with Gasteiger partial charge in [0.1, 0.15) is 6.61 Å². The van der Waals surface area contributed by atoms with Crippen molar-refractivity contribution in [3.63, 3.8) is 0 Å². The van der Waals surface area contributed by atoms with E-state index in [2.05, 4.69) is 26.8 Å². The van der Waals surface area contributed by atoms with Crippen molar-refractivity contribution < 1.29 is 9.53 Å². The smallest absolute Gasteiger partial charge is 0.335 e. The van der Waals surface area contributed by atoms with Crippen LogP contribution >= 0.6 is 0 Å². The van der Waals surface area contributed by atoms with Gasteiger partial charge in [-0.25, -0.2) is 4.79 Å². The summed E-state index contributed by atoms with van der Waals surface area (Å²) in [6.07, 6.45) is 6.79. The fourth-order valence-corrected chi connectivity index (χ4v) is 4.10. The van der Waals surface area contributed by atoms with E-state index in [1.165, 1.54) is 24.0 Å². The molecular formula is C15H20O2. The number of fused-ring (bicyclic) bond motifs is 2. The maximum absolute atomic E-state index is 12.0. The van der Waals surface area contributed by atoms with E-state index in [0.29, 0.717) is 6.61 Å². The van der Waals surface area contributed by atoms with E-state index in [1.54, 1.807) is 0 Å². The summed E-state index contributed by atoms with van der Waals surface area (Å²) in [7, 11) is 0. The largest absolute Gasteiger partial charge is 0.458 e. The molecule has 2 aliphatic carbocycles.